The van der Waals surface area contributed by atoms with Crippen LogP contribution in [0.15, 0.2) is 0 Å². The molecule has 1 aliphatic rings. The van der Waals surface area contributed by atoms with Crippen LogP contribution < -0.4 is 16.4 Å². The molecule has 0 atom stereocenters. The van der Waals surface area contributed by atoms with E-state index in [1.54, 1.807) is 0 Å². The largest absolute Gasteiger partial charge is 0.356 e. The number of hydrogen-bond acceptors (Lipinski definition) is 3. The summed E-state index contributed by atoms with van der Waals surface area (Å²) in [6.45, 7) is 5.11. The number of carbonyl (C=O) groups is 2. The van der Waals surface area contributed by atoms with Gasteiger partial charge >= 0.3 is 0 Å². The smallest absolute Gasteiger partial charge is 0.223 e. The van der Waals surface area contributed by atoms with Gasteiger partial charge in [-0.2, -0.15) is 0 Å². The Morgan fingerprint density at radius 3 is 2.30 bits per heavy atom. The van der Waals surface area contributed by atoms with E-state index < -0.39 is 0 Å². The number of carbonyl (C=O) groups excluding carboxylic acids is 2. The van der Waals surface area contributed by atoms with Gasteiger partial charge in [0.2, 0.25) is 11.8 Å². The minimum Gasteiger partial charge on any atom is -0.356 e. The Kier molecular flexibility index (Phi) is 8.81. The molecule has 118 valence electrons. The first kappa shape index (κ1) is 19.2. The first-order chi connectivity index (χ1) is 9.06. The van der Waals surface area contributed by atoms with Crippen LogP contribution in [0.3, 0.4) is 0 Å². The highest BCUT2D eigenvalue weighted by Crippen LogP contribution is 2.28. The van der Waals surface area contributed by atoms with Crippen LogP contribution in [0, 0.1) is 5.92 Å². The number of halogens is 1. The fraction of sp³-hybridized carbons (Fsp3) is 0.857. The summed E-state index contributed by atoms with van der Waals surface area (Å²) in [7, 11) is 0. The van der Waals surface area contributed by atoms with Crippen molar-refractivity contribution < 1.29 is 9.59 Å². The highest BCUT2D eigenvalue weighted by atomic mass is 35.5. The summed E-state index contributed by atoms with van der Waals surface area (Å²) < 4.78 is 0. The van der Waals surface area contributed by atoms with E-state index in [1.807, 2.05) is 13.8 Å². The van der Waals surface area contributed by atoms with Crippen molar-refractivity contribution in [2.75, 3.05) is 13.1 Å². The van der Waals surface area contributed by atoms with E-state index in [2.05, 4.69) is 10.6 Å². The van der Waals surface area contributed by atoms with Gasteiger partial charge in [0.1, 0.15) is 0 Å². The van der Waals surface area contributed by atoms with Crippen LogP contribution in [-0.4, -0.2) is 30.4 Å². The second kappa shape index (κ2) is 9.19. The monoisotopic (exact) mass is 305 g/mol. The minimum atomic E-state index is -0.270. The Labute approximate surface area is 127 Å². The molecule has 20 heavy (non-hydrogen) atoms. The average Bonchev–Trinajstić information content (AvgIpc) is 3.25. The van der Waals surface area contributed by atoms with Crippen molar-refractivity contribution in [1.29, 1.82) is 0 Å². The van der Waals surface area contributed by atoms with Gasteiger partial charge in [0.25, 0.3) is 0 Å². The summed E-state index contributed by atoms with van der Waals surface area (Å²) in [6, 6.07) is 0. The van der Waals surface area contributed by atoms with Gasteiger partial charge in [-0.1, -0.05) is 13.8 Å². The predicted octanol–water partition coefficient (Wildman–Crippen LogP) is 1.35. The van der Waals surface area contributed by atoms with E-state index in [0.29, 0.717) is 25.9 Å². The van der Waals surface area contributed by atoms with Crippen LogP contribution in [-0.2, 0) is 9.59 Å². The van der Waals surface area contributed by atoms with E-state index in [0.717, 1.165) is 25.7 Å². The number of nitrogens with two attached hydrogens (primary N) is 1. The molecule has 0 aromatic heterocycles. The molecule has 0 aliphatic heterocycles. The fourth-order valence-corrected chi connectivity index (χ4v) is 2.08. The summed E-state index contributed by atoms with van der Waals surface area (Å²) in [4.78, 5) is 23.2. The van der Waals surface area contributed by atoms with Crippen molar-refractivity contribution in [3.05, 3.63) is 0 Å². The lowest BCUT2D eigenvalue weighted by atomic mass is 9.92. The van der Waals surface area contributed by atoms with Crippen LogP contribution in [0.4, 0.5) is 0 Å². The lowest BCUT2D eigenvalue weighted by Gasteiger charge is -2.31. The van der Waals surface area contributed by atoms with Crippen molar-refractivity contribution in [1.82, 2.24) is 10.6 Å². The Morgan fingerprint density at radius 1 is 1.25 bits per heavy atom. The van der Waals surface area contributed by atoms with Gasteiger partial charge in [-0.05, 0) is 32.1 Å². The summed E-state index contributed by atoms with van der Waals surface area (Å²) in [5.41, 5.74) is 5.47. The second-order valence-corrected chi connectivity index (χ2v) is 5.41. The molecule has 0 radical (unpaired) electrons. The summed E-state index contributed by atoms with van der Waals surface area (Å²) in [5, 5.41) is 5.89. The second-order valence-electron chi connectivity index (χ2n) is 5.41. The minimum absolute atomic E-state index is 0. The molecule has 0 aromatic carbocycles. The summed E-state index contributed by atoms with van der Waals surface area (Å²) in [5.74, 6) is 0.396. The van der Waals surface area contributed by atoms with E-state index in [1.165, 1.54) is 0 Å². The SMILES string of the molecule is CCC(CC)(CN)NC(=O)CCCNC(=O)C1CC1.Cl. The Balaban J connectivity index is 0.00000361. The predicted molar refractivity (Wildman–Crippen MR) is 82.7 cm³/mol. The van der Waals surface area contributed by atoms with Crippen molar-refractivity contribution in [3.63, 3.8) is 0 Å². The third kappa shape index (κ3) is 6.09. The molecule has 1 rings (SSSR count). The zero-order valence-electron chi connectivity index (χ0n) is 12.5. The molecule has 0 spiro atoms. The topological polar surface area (TPSA) is 84.2 Å². The zero-order valence-corrected chi connectivity index (χ0v) is 13.4. The van der Waals surface area contributed by atoms with Gasteiger partial charge in [-0.25, -0.2) is 0 Å². The molecule has 2 amide bonds. The average molecular weight is 306 g/mol. The van der Waals surface area contributed by atoms with Crippen LogP contribution in [0.2, 0.25) is 0 Å². The molecular formula is C14H28ClN3O2. The third-order valence-corrected chi connectivity index (χ3v) is 3.98. The molecule has 0 saturated heterocycles. The van der Waals surface area contributed by atoms with Crippen molar-refractivity contribution in [2.45, 2.75) is 57.9 Å². The summed E-state index contributed by atoms with van der Waals surface area (Å²) >= 11 is 0. The fourth-order valence-electron chi connectivity index (χ4n) is 2.08. The Hall–Kier alpha value is -0.810. The standard InChI is InChI=1S/C14H27N3O2.ClH/c1-3-14(4-2,10-15)17-12(18)6-5-9-16-13(19)11-7-8-11;/h11H,3-10,15H2,1-2H3,(H,16,19)(H,17,18);1H. The van der Waals surface area contributed by atoms with E-state index in [-0.39, 0.29) is 35.7 Å². The van der Waals surface area contributed by atoms with Gasteiger partial charge in [0, 0.05) is 25.4 Å². The first-order valence-corrected chi connectivity index (χ1v) is 7.35. The van der Waals surface area contributed by atoms with Crippen molar-refractivity contribution in [3.8, 4) is 0 Å². The first-order valence-electron chi connectivity index (χ1n) is 7.35. The molecule has 1 aliphatic carbocycles. The Morgan fingerprint density at radius 2 is 1.85 bits per heavy atom. The van der Waals surface area contributed by atoms with E-state index in [9.17, 15) is 9.59 Å². The van der Waals surface area contributed by atoms with Gasteiger partial charge in [-0.15, -0.1) is 12.4 Å². The lowest BCUT2D eigenvalue weighted by molar-refractivity contribution is -0.124. The van der Waals surface area contributed by atoms with Gasteiger partial charge < -0.3 is 16.4 Å². The molecule has 1 fully saturated rings. The normalized spacial score (nSPS) is 14.3. The maximum absolute atomic E-state index is 11.8. The third-order valence-electron chi connectivity index (χ3n) is 3.98. The highest BCUT2D eigenvalue weighted by Gasteiger charge is 2.29. The maximum Gasteiger partial charge on any atom is 0.223 e. The van der Waals surface area contributed by atoms with Crippen LogP contribution >= 0.6 is 12.4 Å². The molecule has 0 heterocycles. The van der Waals surface area contributed by atoms with Crippen molar-refractivity contribution >= 4 is 24.2 Å². The number of rotatable bonds is 9. The van der Waals surface area contributed by atoms with Crippen molar-refractivity contribution in [2.24, 2.45) is 11.7 Å². The Bertz CT molecular complexity index is 307. The zero-order chi connectivity index (χ0) is 14.3. The highest BCUT2D eigenvalue weighted by molar-refractivity contribution is 5.85. The van der Waals surface area contributed by atoms with Crippen LogP contribution in [0.25, 0.3) is 0 Å². The number of nitrogens with one attached hydrogen (secondary N) is 2. The van der Waals surface area contributed by atoms with Gasteiger partial charge in [0.05, 0.1) is 5.54 Å². The molecular weight excluding hydrogens is 278 g/mol. The molecule has 0 unspecified atom stereocenters. The molecule has 4 N–H and O–H groups in total. The molecule has 0 aromatic rings. The van der Waals surface area contributed by atoms with Gasteiger partial charge in [-0.3, -0.25) is 9.59 Å². The summed E-state index contributed by atoms with van der Waals surface area (Å²) in [6.07, 6.45) is 4.82. The quantitative estimate of drug-likeness (QED) is 0.562. The molecule has 5 nitrogen and oxygen atoms in total. The maximum atomic E-state index is 11.8. The molecule has 0 bridgehead atoms. The van der Waals surface area contributed by atoms with Crippen LogP contribution in [0.1, 0.15) is 52.4 Å². The van der Waals surface area contributed by atoms with E-state index >= 15 is 0 Å². The number of amides is 2. The van der Waals surface area contributed by atoms with Crippen LogP contribution in [0.5, 0.6) is 0 Å². The number of hydrogen-bond donors (Lipinski definition) is 3. The van der Waals surface area contributed by atoms with E-state index in [4.69, 9.17) is 5.73 Å². The lowest BCUT2D eigenvalue weighted by Crippen LogP contribution is -2.52. The molecule has 6 heteroatoms. The molecule has 1 saturated carbocycles. The van der Waals surface area contributed by atoms with Gasteiger partial charge in [0.15, 0.2) is 0 Å².